The second kappa shape index (κ2) is 10.1. The number of carbonyl (C=O) groups is 1. The molecular weight excluding hydrogens is 208 g/mol. The first-order chi connectivity index (χ1) is 7.20. The van der Waals surface area contributed by atoms with E-state index in [-0.39, 0.29) is 11.2 Å². The van der Waals surface area contributed by atoms with Crippen molar-refractivity contribution >= 4 is 18.6 Å². The number of rotatable bonds is 8. The van der Waals surface area contributed by atoms with Crippen molar-refractivity contribution in [2.45, 2.75) is 51.2 Å². The first kappa shape index (κ1) is 14.6. The van der Waals surface area contributed by atoms with Gasteiger partial charge in [0.2, 0.25) is 0 Å². The molecule has 0 aromatic carbocycles. The Kier molecular flexibility index (Phi) is 9.79. The predicted molar refractivity (Wildman–Crippen MR) is 67.3 cm³/mol. The zero-order chi connectivity index (χ0) is 11.5. The Morgan fingerprint density at radius 3 is 2.73 bits per heavy atom. The molecule has 0 fully saturated rings. The van der Waals surface area contributed by atoms with Crippen LogP contribution in [0.15, 0.2) is 12.2 Å². The van der Waals surface area contributed by atoms with Gasteiger partial charge in [-0.3, -0.25) is 4.79 Å². The molecule has 2 nitrogen and oxygen atoms in total. The molecule has 1 unspecified atom stereocenters. The molecule has 88 valence electrons. The van der Waals surface area contributed by atoms with Crippen LogP contribution < -0.4 is 0 Å². The summed E-state index contributed by atoms with van der Waals surface area (Å²) in [7, 11) is 0. The van der Waals surface area contributed by atoms with Gasteiger partial charge in [-0.25, -0.2) is 0 Å². The van der Waals surface area contributed by atoms with Crippen molar-refractivity contribution in [1.82, 2.24) is 0 Å². The molecule has 0 aliphatic carbocycles. The Morgan fingerprint density at radius 2 is 2.13 bits per heavy atom. The van der Waals surface area contributed by atoms with Gasteiger partial charge in [-0.05, 0) is 19.8 Å². The van der Waals surface area contributed by atoms with E-state index in [1.807, 2.05) is 13.0 Å². The summed E-state index contributed by atoms with van der Waals surface area (Å²) in [5, 5.41) is -0.00863. The minimum atomic E-state index is -0.171. The molecule has 0 aliphatic rings. The zero-order valence-electron chi connectivity index (χ0n) is 9.74. The highest BCUT2D eigenvalue weighted by molar-refractivity contribution is 7.81. The Balaban J connectivity index is 3.54. The molecule has 0 aromatic rings. The second-order valence-electron chi connectivity index (χ2n) is 3.50. The number of thiol groups is 1. The van der Waals surface area contributed by atoms with Crippen molar-refractivity contribution in [2.75, 3.05) is 6.61 Å². The average Bonchev–Trinajstić information content (AvgIpc) is 2.17. The highest BCUT2D eigenvalue weighted by Crippen LogP contribution is 2.07. The number of unbranched alkanes of at least 4 members (excludes halogenated alkanes) is 3. The molecule has 0 radical (unpaired) electrons. The summed E-state index contributed by atoms with van der Waals surface area (Å²) in [6, 6.07) is 0. The summed E-state index contributed by atoms with van der Waals surface area (Å²) in [5.74, 6) is -0.171. The van der Waals surface area contributed by atoms with Crippen LogP contribution in [0.3, 0.4) is 0 Å². The van der Waals surface area contributed by atoms with E-state index in [9.17, 15) is 4.79 Å². The first-order valence-corrected chi connectivity index (χ1v) is 6.22. The number of hydrogen-bond donors (Lipinski definition) is 1. The van der Waals surface area contributed by atoms with E-state index in [2.05, 4.69) is 25.6 Å². The summed E-state index contributed by atoms with van der Waals surface area (Å²) >= 11 is 4.30. The Bertz CT molecular complexity index is 190. The lowest BCUT2D eigenvalue weighted by Crippen LogP contribution is -2.09. The van der Waals surface area contributed by atoms with E-state index < -0.39 is 0 Å². The minimum absolute atomic E-state index is 0.00863. The summed E-state index contributed by atoms with van der Waals surface area (Å²) in [4.78, 5) is 11.1. The van der Waals surface area contributed by atoms with Crippen LogP contribution in [0.1, 0.15) is 46.0 Å². The largest absolute Gasteiger partial charge is 0.466 e. The van der Waals surface area contributed by atoms with Crippen molar-refractivity contribution in [3.05, 3.63) is 12.2 Å². The molecule has 0 saturated carbocycles. The molecule has 0 rings (SSSR count). The van der Waals surface area contributed by atoms with Gasteiger partial charge in [0.15, 0.2) is 0 Å². The standard InChI is InChI=1S/C12H22O2S/c1-3-5-6-7-8-9-11(15)10-12(13)14-4-2/h8-9,11,15H,3-7,10H2,1-2H3. The summed E-state index contributed by atoms with van der Waals surface area (Å²) in [6.45, 7) is 4.44. The normalized spacial score (nSPS) is 13.0. The van der Waals surface area contributed by atoms with E-state index in [0.29, 0.717) is 13.0 Å². The Morgan fingerprint density at radius 1 is 1.40 bits per heavy atom. The van der Waals surface area contributed by atoms with Crippen molar-refractivity contribution < 1.29 is 9.53 Å². The second-order valence-corrected chi connectivity index (χ2v) is 4.16. The Hall–Kier alpha value is -0.440. The minimum Gasteiger partial charge on any atom is -0.466 e. The number of hydrogen-bond acceptors (Lipinski definition) is 3. The van der Waals surface area contributed by atoms with E-state index in [1.54, 1.807) is 0 Å². The highest BCUT2D eigenvalue weighted by Gasteiger charge is 2.06. The van der Waals surface area contributed by atoms with E-state index in [4.69, 9.17) is 4.74 Å². The van der Waals surface area contributed by atoms with Gasteiger partial charge in [-0.1, -0.05) is 31.9 Å². The summed E-state index contributed by atoms with van der Waals surface area (Å²) < 4.78 is 4.84. The predicted octanol–water partition coefficient (Wildman–Crippen LogP) is 3.37. The van der Waals surface area contributed by atoms with Gasteiger partial charge in [0.05, 0.1) is 13.0 Å². The smallest absolute Gasteiger partial charge is 0.307 e. The summed E-state index contributed by atoms with van der Waals surface area (Å²) in [6.07, 6.45) is 9.24. The number of carbonyl (C=O) groups excluding carboxylic acids is 1. The third-order valence-corrected chi connectivity index (χ3v) is 2.37. The van der Waals surface area contributed by atoms with Crippen LogP contribution in [0.2, 0.25) is 0 Å². The Labute approximate surface area is 98.5 Å². The summed E-state index contributed by atoms with van der Waals surface area (Å²) in [5.41, 5.74) is 0. The number of esters is 1. The molecule has 1 atom stereocenters. The maximum atomic E-state index is 11.1. The van der Waals surface area contributed by atoms with Crippen molar-refractivity contribution in [3.8, 4) is 0 Å². The molecule has 3 heteroatoms. The van der Waals surface area contributed by atoms with E-state index in [0.717, 1.165) is 6.42 Å². The first-order valence-electron chi connectivity index (χ1n) is 5.71. The van der Waals surface area contributed by atoms with Crippen molar-refractivity contribution in [2.24, 2.45) is 0 Å². The molecule has 0 bridgehead atoms. The van der Waals surface area contributed by atoms with Crippen LogP contribution in [0.5, 0.6) is 0 Å². The third-order valence-electron chi connectivity index (χ3n) is 2.01. The lowest BCUT2D eigenvalue weighted by Gasteiger charge is -2.04. The molecule has 0 amide bonds. The fraction of sp³-hybridized carbons (Fsp3) is 0.750. The molecule has 0 spiro atoms. The van der Waals surface area contributed by atoms with Gasteiger partial charge < -0.3 is 4.74 Å². The molecular formula is C12H22O2S. The number of allylic oxidation sites excluding steroid dienone is 1. The van der Waals surface area contributed by atoms with Gasteiger partial charge in [0, 0.05) is 5.25 Å². The molecule has 0 N–H and O–H groups in total. The van der Waals surface area contributed by atoms with Gasteiger partial charge in [-0.2, -0.15) is 12.6 Å². The van der Waals surface area contributed by atoms with Gasteiger partial charge in [-0.15, -0.1) is 0 Å². The van der Waals surface area contributed by atoms with Crippen LogP contribution in [-0.2, 0) is 9.53 Å². The van der Waals surface area contributed by atoms with E-state index in [1.165, 1.54) is 19.3 Å². The monoisotopic (exact) mass is 230 g/mol. The SMILES string of the molecule is CCCCCC=CC(S)CC(=O)OCC. The molecule has 0 aliphatic heterocycles. The molecule has 0 aromatic heterocycles. The lowest BCUT2D eigenvalue weighted by atomic mass is 10.2. The van der Waals surface area contributed by atoms with Crippen molar-refractivity contribution in [1.29, 1.82) is 0 Å². The van der Waals surface area contributed by atoms with Crippen LogP contribution in [0, 0.1) is 0 Å². The third kappa shape index (κ3) is 9.85. The fourth-order valence-corrected chi connectivity index (χ4v) is 1.49. The fourth-order valence-electron chi connectivity index (χ4n) is 1.22. The zero-order valence-corrected chi connectivity index (χ0v) is 10.6. The molecule has 0 heterocycles. The van der Waals surface area contributed by atoms with Crippen LogP contribution in [-0.4, -0.2) is 17.8 Å². The van der Waals surface area contributed by atoms with Gasteiger partial charge >= 0.3 is 5.97 Å². The maximum Gasteiger partial charge on any atom is 0.307 e. The van der Waals surface area contributed by atoms with E-state index >= 15 is 0 Å². The topological polar surface area (TPSA) is 26.3 Å². The quantitative estimate of drug-likeness (QED) is 0.299. The van der Waals surface area contributed by atoms with Gasteiger partial charge in [0.25, 0.3) is 0 Å². The van der Waals surface area contributed by atoms with Crippen molar-refractivity contribution in [3.63, 3.8) is 0 Å². The van der Waals surface area contributed by atoms with Crippen LogP contribution in [0.4, 0.5) is 0 Å². The molecule has 0 saturated heterocycles. The lowest BCUT2D eigenvalue weighted by molar-refractivity contribution is -0.142. The highest BCUT2D eigenvalue weighted by atomic mass is 32.1. The van der Waals surface area contributed by atoms with Crippen LogP contribution >= 0.6 is 12.6 Å². The van der Waals surface area contributed by atoms with Gasteiger partial charge in [0.1, 0.15) is 0 Å². The maximum absolute atomic E-state index is 11.1. The average molecular weight is 230 g/mol. The molecule has 15 heavy (non-hydrogen) atoms. The number of ether oxygens (including phenoxy) is 1. The van der Waals surface area contributed by atoms with Crippen LogP contribution in [0.25, 0.3) is 0 Å².